The molecule has 2 aliphatic rings. The maximum absolute atomic E-state index is 12.6. The van der Waals surface area contributed by atoms with Crippen LogP contribution in [0.4, 0.5) is 5.82 Å². The van der Waals surface area contributed by atoms with Gasteiger partial charge in [0.1, 0.15) is 5.82 Å². The lowest BCUT2D eigenvalue weighted by molar-refractivity contribution is -0.135. The number of aromatic nitrogens is 1. The lowest BCUT2D eigenvalue weighted by Gasteiger charge is -2.33. The number of nitrogens with one attached hydrogen (secondary N) is 1. The molecule has 0 bridgehead atoms. The molecule has 0 radical (unpaired) electrons. The fourth-order valence-electron chi connectivity index (χ4n) is 3.77. The van der Waals surface area contributed by atoms with Crippen molar-refractivity contribution < 1.29 is 9.59 Å². The predicted molar refractivity (Wildman–Crippen MR) is 97.1 cm³/mol. The minimum absolute atomic E-state index is 0.0927. The number of carbonyl (C=O) groups excluding carboxylic acids is 2. The Balaban J connectivity index is 1.53. The van der Waals surface area contributed by atoms with Gasteiger partial charge in [0.15, 0.2) is 0 Å². The third-order valence-corrected chi connectivity index (χ3v) is 5.50. The number of likely N-dealkylation sites (tertiary alicyclic amines) is 1. The van der Waals surface area contributed by atoms with Gasteiger partial charge >= 0.3 is 0 Å². The van der Waals surface area contributed by atoms with Gasteiger partial charge in [0.2, 0.25) is 11.8 Å². The number of rotatable bonds is 4. The van der Waals surface area contributed by atoms with Crippen molar-refractivity contribution in [3.05, 3.63) is 23.4 Å². The number of nitrogens with two attached hydrogens (primary N) is 1. The molecule has 1 saturated carbocycles. The summed E-state index contributed by atoms with van der Waals surface area (Å²) in [7, 11) is 0. The first-order valence-corrected chi connectivity index (χ1v) is 9.36. The maximum atomic E-state index is 12.6. The molecule has 1 aromatic rings. The van der Waals surface area contributed by atoms with Crippen LogP contribution in [0.3, 0.4) is 0 Å². The number of pyridine rings is 1. The Kier molecular flexibility index (Phi) is 5.91. The van der Waals surface area contributed by atoms with E-state index in [4.69, 9.17) is 17.3 Å². The summed E-state index contributed by atoms with van der Waals surface area (Å²) < 4.78 is 0. The molecule has 1 aliphatic heterocycles. The van der Waals surface area contributed by atoms with Gasteiger partial charge in [0.25, 0.3) is 0 Å². The summed E-state index contributed by atoms with van der Waals surface area (Å²) in [6.45, 7) is 1.20. The molecule has 0 spiro atoms. The van der Waals surface area contributed by atoms with Crippen LogP contribution in [0.1, 0.15) is 38.5 Å². The van der Waals surface area contributed by atoms with Crippen LogP contribution in [0.15, 0.2) is 18.3 Å². The summed E-state index contributed by atoms with van der Waals surface area (Å²) >= 11 is 5.80. The van der Waals surface area contributed by atoms with Gasteiger partial charge in [-0.1, -0.05) is 18.0 Å². The molecule has 136 valence electrons. The molecule has 0 aromatic carbocycles. The van der Waals surface area contributed by atoms with E-state index in [1.54, 1.807) is 12.1 Å². The Morgan fingerprint density at radius 2 is 2.12 bits per heavy atom. The second-order valence-electron chi connectivity index (χ2n) is 7.09. The second-order valence-corrected chi connectivity index (χ2v) is 7.53. The number of nitrogens with zero attached hydrogens (tertiary/aromatic N) is 2. The van der Waals surface area contributed by atoms with Gasteiger partial charge in [-0.15, -0.1) is 0 Å². The van der Waals surface area contributed by atoms with E-state index >= 15 is 0 Å². The highest BCUT2D eigenvalue weighted by Crippen LogP contribution is 2.28. The molecule has 1 unspecified atom stereocenters. The fourth-order valence-corrected chi connectivity index (χ4v) is 3.88. The third-order valence-electron chi connectivity index (χ3n) is 5.28. The van der Waals surface area contributed by atoms with Crippen LogP contribution >= 0.6 is 11.6 Å². The van der Waals surface area contributed by atoms with Crippen molar-refractivity contribution in [2.45, 2.75) is 44.6 Å². The highest BCUT2D eigenvalue weighted by molar-refractivity contribution is 6.30. The standard InChI is InChI=1S/C18H25ClN4O2/c19-14-6-7-16(21-10-14)22-18(25)13-4-2-8-23(11-13)17(24)9-12-3-1-5-15(12)20/h6-7,10,12-13,15H,1-5,8-9,11,20H2,(H,21,22,25)/t12-,13?,15+/m0/s1. The lowest BCUT2D eigenvalue weighted by Crippen LogP contribution is -2.44. The number of hydrogen-bond acceptors (Lipinski definition) is 4. The number of carbonyl (C=O) groups is 2. The van der Waals surface area contributed by atoms with Gasteiger partial charge in [0.05, 0.1) is 10.9 Å². The largest absolute Gasteiger partial charge is 0.342 e. The van der Waals surface area contributed by atoms with Gasteiger partial charge in [-0.3, -0.25) is 9.59 Å². The second kappa shape index (κ2) is 8.15. The highest BCUT2D eigenvalue weighted by atomic mass is 35.5. The molecule has 2 amide bonds. The molecule has 3 rings (SSSR count). The highest BCUT2D eigenvalue weighted by Gasteiger charge is 2.32. The zero-order valence-corrected chi connectivity index (χ0v) is 15.0. The van der Waals surface area contributed by atoms with Crippen molar-refractivity contribution >= 4 is 29.2 Å². The summed E-state index contributed by atoms with van der Waals surface area (Å²) in [6, 6.07) is 3.50. The molecule has 3 atom stereocenters. The number of halogens is 1. The quantitative estimate of drug-likeness (QED) is 0.858. The maximum Gasteiger partial charge on any atom is 0.230 e. The van der Waals surface area contributed by atoms with Crippen LogP contribution in [-0.4, -0.2) is 40.8 Å². The van der Waals surface area contributed by atoms with Crippen LogP contribution in [-0.2, 0) is 9.59 Å². The number of piperidine rings is 1. The van der Waals surface area contributed by atoms with Gasteiger partial charge in [-0.05, 0) is 43.7 Å². The van der Waals surface area contributed by atoms with Gasteiger partial charge in [0, 0.05) is 31.7 Å². The summed E-state index contributed by atoms with van der Waals surface area (Å²) in [4.78, 5) is 31.0. The van der Waals surface area contributed by atoms with Crippen LogP contribution in [0, 0.1) is 11.8 Å². The Morgan fingerprint density at radius 1 is 1.28 bits per heavy atom. The third kappa shape index (κ3) is 4.70. The monoisotopic (exact) mass is 364 g/mol. The smallest absolute Gasteiger partial charge is 0.230 e. The van der Waals surface area contributed by atoms with Crippen molar-refractivity contribution in [2.75, 3.05) is 18.4 Å². The van der Waals surface area contributed by atoms with Crippen molar-refractivity contribution in [2.24, 2.45) is 17.6 Å². The lowest BCUT2D eigenvalue weighted by atomic mass is 9.94. The van der Waals surface area contributed by atoms with E-state index in [2.05, 4.69) is 10.3 Å². The molecule has 1 aromatic heterocycles. The Labute approximate surface area is 153 Å². The summed E-state index contributed by atoms with van der Waals surface area (Å²) in [5.74, 6) is 0.608. The van der Waals surface area contributed by atoms with Crippen LogP contribution in [0.2, 0.25) is 5.02 Å². The molecular weight excluding hydrogens is 340 g/mol. The Hall–Kier alpha value is -1.66. The number of hydrogen-bond donors (Lipinski definition) is 2. The number of anilines is 1. The molecule has 1 aliphatic carbocycles. The summed E-state index contributed by atoms with van der Waals surface area (Å²) in [5, 5.41) is 3.34. The average Bonchev–Trinajstić information content (AvgIpc) is 3.02. The van der Waals surface area contributed by atoms with E-state index in [1.165, 1.54) is 6.20 Å². The molecule has 2 fully saturated rings. The molecule has 3 N–H and O–H groups in total. The average molecular weight is 365 g/mol. The van der Waals surface area contributed by atoms with Crippen LogP contribution in [0.25, 0.3) is 0 Å². The Bertz CT molecular complexity index is 622. The van der Waals surface area contributed by atoms with E-state index in [0.717, 1.165) is 38.6 Å². The summed E-state index contributed by atoms with van der Waals surface area (Å²) in [5.41, 5.74) is 6.08. The molecule has 1 saturated heterocycles. The van der Waals surface area contributed by atoms with Gasteiger partial charge in [-0.2, -0.15) is 0 Å². The number of amides is 2. The molecule has 6 nitrogen and oxygen atoms in total. The first-order valence-electron chi connectivity index (χ1n) is 8.98. The van der Waals surface area contributed by atoms with Crippen molar-refractivity contribution in [3.63, 3.8) is 0 Å². The molecule has 25 heavy (non-hydrogen) atoms. The first kappa shape index (κ1) is 18.1. The Morgan fingerprint density at radius 3 is 2.80 bits per heavy atom. The van der Waals surface area contributed by atoms with Gasteiger partial charge in [-0.25, -0.2) is 4.98 Å². The van der Waals surface area contributed by atoms with Crippen LogP contribution < -0.4 is 11.1 Å². The van der Waals surface area contributed by atoms with E-state index in [1.807, 2.05) is 4.90 Å². The van der Waals surface area contributed by atoms with E-state index in [9.17, 15) is 9.59 Å². The minimum Gasteiger partial charge on any atom is -0.342 e. The molecule has 7 heteroatoms. The SMILES string of the molecule is N[C@@H]1CCC[C@H]1CC(=O)N1CCCC(C(=O)Nc2ccc(Cl)cn2)C1. The van der Waals surface area contributed by atoms with Crippen LogP contribution in [0.5, 0.6) is 0 Å². The zero-order valence-electron chi connectivity index (χ0n) is 14.3. The van der Waals surface area contributed by atoms with Gasteiger partial charge < -0.3 is 16.0 Å². The normalized spacial score (nSPS) is 26.5. The van der Waals surface area contributed by atoms with E-state index < -0.39 is 0 Å². The van der Waals surface area contributed by atoms with E-state index in [0.29, 0.717) is 29.7 Å². The van der Waals surface area contributed by atoms with E-state index in [-0.39, 0.29) is 23.8 Å². The minimum atomic E-state index is -0.201. The topological polar surface area (TPSA) is 88.3 Å². The van der Waals surface area contributed by atoms with Crippen molar-refractivity contribution in [1.29, 1.82) is 0 Å². The summed E-state index contributed by atoms with van der Waals surface area (Å²) in [6.07, 6.45) is 6.79. The fraction of sp³-hybridized carbons (Fsp3) is 0.611. The van der Waals surface area contributed by atoms with Crippen molar-refractivity contribution in [1.82, 2.24) is 9.88 Å². The predicted octanol–water partition coefficient (Wildman–Crippen LogP) is 2.43. The van der Waals surface area contributed by atoms with Crippen molar-refractivity contribution in [3.8, 4) is 0 Å². The molecular formula is C18H25ClN4O2. The first-order chi connectivity index (χ1) is 12.0. The zero-order chi connectivity index (χ0) is 17.8. The molecule has 2 heterocycles.